The van der Waals surface area contributed by atoms with Crippen LogP contribution < -0.4 is 0 Å². The van der Waals surface area contributed by atoms with Gasteiger partial charge in [0.2, 0.25) is 0 Å². The van der Waals surface area contributed by atoms with Gasteiger partial charge in [0, 0.05) is 36.1 Å². The van der Waals surface area contributed by atoms with Gasteiger partial charge in [-0.15, -0.1) is 5.10 Å². The van der Waals surface area contributed by atoms with E-state index in [-0.39, 0.29) is 11.8 Å². The maximum Gasteiger partial charge on any atom is 0.275 e. The number of hydrogen-bond acceptors (Lipinski definition) is 6. The molecular weight excluding hydrogens is 338 g/mol. The normalized spacial score (nSPS) is 14.8. The van der Waals surface area contributed by atoms with Crippen molar-refractivity contribution in [2.75, 3.05) is 13.1 Å². The van der Waals surface area contributed by atoms with Crippen LogP contribution in [0.5, 0.6) is 0 Å². The molecule has 0 atom stereocenters. The summed E-state index contributed by atoms with van der Waals surface area (Å²) in [5.41, 5.74) is 4.62. The number of furan rings is 1. The van der Waals surface area contributed by atoms with Gasteiger partial charge in [0.05, 0.1) is 30.1 Å². The highest BCUT2D eigenvalue weighted by Crippen LogP contribution is 2.31. The van der Waals surface area contributed by atoms with Crippen LogP contribution in [0.2, 0.25) is 0 Å². The quantitative estimate of drug-likeness (QED) is 0.567. The summed E-state index contributed by atoms with van der Waals surface area (Å²) in [5, 5.41) is 5.52. The van der Waals surface area contributed by atoms with Crippen molar-refractivity contribution in [3.8, 4) is 11.1 Å². The summed E-state index contributed by atoms with van der Waals surface area (Å²) in [6, 6.07) is 6.09. The molecule has 0 radical (unpaired) electrons. The van der Waals surface area contributed by atoms with Crippen LogP contribution in [0.1, 0.15) is 22.1 Å². The average Bonchev–Trinajstić information content (AvgIpc) is 3.34. The molecule has 0 bridgehead atoms. The predicted octanol–water partition coefficient (Wildman–Crippen LogP) is 2.69. The molecule has 124 valence electrons. The number of likely N-dealkylation sites (tertiary alicyclic amines) is 1. The average molecular weight is 351 g/mol. The van der Waals surface area contributed by atoms with Gasteiger partial charge in [-0.2, -0.15) is 0 Å². The van der Waals surface area contributed by atoms with Gasteiger partial charge in [0.1, 0.15) is 0 Å². The van der Waals surface area contributed by atoms with E-state index < -0.39 is 0 Å². The van der Waals surface area contributed by atoms with E-state index in [1.165, 1.54) is 11.5 Å². The van der Waals surface area contributed by atoms with E-state index >= 15 is 0 Å². The van der Waals surface area contributed by atoms with E-state index in [9.17, 15) is 4.79 Å². The Hall–Kier alpha value is -3.00. The van der Waals surface area contributed by atoms with Crippen molar-refractivity contribution >= 4 is 23.0 Å². The molecule has 0 saturated carbocycles. The van der Waals surface area contributed by atoms with E-state index in [0.717, 1.165) is 22.3 Å². The number of aromatic nitrogens is 4. The summed E-state index contributed by atoms with van der Waals surface area (Å²) < 4.78 is 10.9. The topological polar surface area (TPSA) is 76.5 Å². The first-order valence-electron chi connectivity index (χ1n) is 7.85. The van der Waals surface area contributed by atoms with Crippen LogP contribution in [-0.4, -0.2) is 42.9 Å². The summed E-state index contributed by atoms with van der Waals surface area (Å²) in [6.07, 6.45) is 7.21. The number of hydrogen-bond donors (Lipinski definition) is 0. The molecule has 25 heavy (non-hydrogen) atoms. The van der Waals surface area contributed by atoms with Gasteiger partial charge < -0.3 is 13.7 Å². The number of carbonyl (C=O) groups excluding carboxylic acids is 1. The minimum atomic E-state index is -0.0624. The first-order chi connectivity index (χ1) is 12.3. The fourth-order valence-electron chi connectivity index (χ4n) is 3.17. The predicted molar refractivity (Wildman–Crippen MR) is 91.4 cm³/mol. The minimum Gasteiger partial charge on any atom is -0.472 e. The molecule has 0 aromatic carbocycles. The first kappa shape index (κ1) is 14.4. The van der Waals surface area contributed by atoms with Crippen LogP contribution in [0.3, 0.4) is 0 Å². The fourth-order valence-corrected chi connectivity index (χ4v) is 3.60. The third-order valence-electron chi connectivity index (χ3n) is 4.56. The summed E-state index contributed by atoms with van der Waals surface area (Å²) in [5.74, 6) is 0.174. The molecule has 5 heterocycles. The van der Waals surface area contributed by atoms with Gasteiger partial charge in [-0.25, -0.2) is 4.98 Å². The Balaban J connectivity index is 1.41. The van der Waals surface area contributed by atoms with Gasteiger partial charge in [0.15, 0.2) is 5.69 Å². The zero-order chi connectivity index (χ0) is 16.8. The highest BCUT2D eigenvalue weighted by atomic mass is 32.1. The van der Waals surface area contributed by atoms with Crippen LogP contribution in [-0.2, 0) is 0 Å². The van der Waals surface area contributed by atoms with Crippen LogP contribution in [0.4, 0.5) is 0 Å². The van der Waals surface area contributed by atoms with Gasteiger partial charge >= 0.3 is 0 Å². The Morgan fingerprint density at radius 3 is 2.96 bits per heavy atom. The summed E-state index contributed by atoms with van der Waals surface area (Å²) in [7, 11) is 0. The second kappa shape index (κ2) is 5.52. The first-order valence-corrected chi connectivity index (χ1v) is 8.69. The molecule has 1 aliphatic rings. The fraction of sp³-hybridized carbons (Fsp3) is 0.176. The van der Waals surface area contributed by atoms with Crippen molar-refractivity contribution in [1.29, 1.82) is 0 Å². The molecule has 0 N–H and O–H groups in total. The van der Waals surface area contributed by atoms with Crippen LogP contribution in [0.15, 0.2) is 53.0 Å². The van der Waals surface area contributed by atoms with Crippen molar-refractivity contribution in [2.45, 2.75) is 5.92 Å². The van der Waals surface area contributed by atoms with Crippen molar-refractivity contribution < 1.29 is 9.21 Å². The molecule has 4 aromatic rings. The second-order valence-corrected chi connectivity index (χ2v) is 6.66. The maximum absolute atomic E-state index is 12.3. The molecule has 0 unspecified atom stereocenters. The number of nitrogens with zero attached hydrogens (tertiary/aromatic N) is 5. The molecule has 0 aliphatic carbocycles. The number of imidazole rings is 1. The van der Waals surface area contributed by atoms with Crippen molar-refractivity contribution in [3.63, 3.8) is 0 Å². The molecule has 1 amide bonds. The lowest BCUT2D eigenvalue weighted by Crippen LogP contribution is -2.48. The van der Waals surface area contributed by atoms with Gasteiger partial charge in [-0.1, -0.05) is 4.49 Å². The number of pyridine rings is 1. The van der Waals surface area contributed by atoms with Crippen LogP contribution in [0, 0.1) is 0 Å². The number of fused-ring (bicyclic) bond motifs is 1. The molecule has 1 saturated heterocycles. The maximum atomic E-state index is 12.3. The third kappa shape index (κ3) is 2.33. The van der Waals surface area contributed by atoms with Crippen molar-refractivity contribution in [3.05, 3.63) is 60.0 Å². The van der Waals surface area contributed by atoms with Crippen molar-refractivity contribution in [1.82, 2.24) is 23.9 Å². The largest absolute Gasteiger partial charge is 0.472 e. The SMILES string of the molecule is O=C(c1csnn1)N1CC(c2ncn3ccc(-c4ccoc4)cc23)C1. The Labute approximate surface area is 146 Å². The third-order valence-corrected chi connectivity index (χ3v) is 5.06. The smallest absolute Gasteiger partial charge is 0.275 e. The lowest BCUT2D eigenvalue weighted by atomic mass is 9.94. The van der Waals surface area contributed by atoms with Crippen LogP contribution in [0.25, 0.3) is 16.6 Å². The Kier molecular flexibility index (Phi) is 3.17. The van der Waals surface area contributed by atoms with Crippen LogP contribution >= 0.6 is 11.5 Å². The monoisotopic (exact) mass is 351 g/mol. The number of carbonyl (C=O) groups is 1. The van der Waals surface area contributed by atoms with E-state index in [0.29, 0.717) is 18.8 Å². The van der Waals surface area contributed by atoms with E-state index in [1.54, 1.807) is 22.8 Å². The van der Waals surface area contributed by atoms with Crippen molar-refractivity contribution in [2.24, 2.45) is 0 Å². The summed E-state index contributed by atoms with van der Waals surface area (Å²) >= 11 is 1.19. The lowest BCUT2D eigenvalue weighted by Gasteiger charge is -2.38. The highest BCUT2D eigenvalue weighted by molar-refractivity contribution is 7.03. The van der Waals surface area contributed by atoms with E-state index in [1.807, 2.05) is 29.1 Å². The molecule has 1 fully saturated rings. The molecule has 5 rings (SSSR count). The Morgan fingerprint density at radius 1 is 1.28 bits per heavy atom. The zero-order valence-corrected chi connectivity index (χ0v) is 13.9. The lowest BCUT2D eigenvalue weighted by molar-refractivity contribution is 0.0594. The highest BCUT2D eigenvalue weighted by Gasteiger charge is 2.35. The molecule has 7 nitrogen and oxygen atoms in total. The molecule has 4 aromatic heterocycles. The van der Waals surface area contributed by atoms with Gasteiger partial charge in [0.25, 0.3) is 5.91 Å². The van der Waals surface area contributed by atoms with Gasteiger partial charge in [-0.05, 0) is 35.3 Å². The minimum absolute atomic E-state index is 0.0624. The zero-order valence-electron chi connectivity index (χ0n) is 13.1. The van der Waals surface area contributed by atoms with E-state index in [4.69, 9.17) is 4.42 Å². The molecular formula is C17H13N5O2S. The summed E-state index contributed by atoms with van der Waals surface area (Å²) in [4.78, 5) is 18.6. The Morgan fingerprint density at radius 2 is 2.20 bits per heavy atom. The number of amides is 1. The Bertz CT molecular complexity index is 1030. The second-order valence-electron chi connectivity index (χ2n) is 6.05. The van der Waals surface area contributed by atoms with E-state index in [2.05, 4.69) is 20.6 Å². The molecule has 0 spiro atoms. The van der Waals surface area contributed by atoms with Gasteiger partial charge in [-0.3, -0.25) is 4.79 Å². The molecule has 8 heteroatoms. The summed E-state index contributed by atoms with van der Waals surface area (Å²) in [6.45, 7) is 1.30. The molecule has 1 aliphatic heterocycles. The number of rotatable bonds is 3. The standard InChI is InChI=1S/C17H13N5O2S/c23-17(14-9-25-20-19-14)22-6-13(7-22)16-15-5-11(12-2-4-24-8-12)1-3-21(15)10-18-16/h1-5,8-10,13H,6-7H2.